The summed E-state index contributed by atoms with van der Waals surface area (Å²) in [6, 6.07) is 15.9. The first kappa shape index (κ1) is 22.8. The third kappa shape index (κ3) is 4.91. The first-order chi connectivity index (χ1) is 14.7. The van der Waals surface area contributed by atoms with Gasteiger partial charge in [0.1, 0.15) is 11.5 Å². The van der Waals surface area contributed by atoms with Crippen LogP contribution in [0.2, 0.25) is 0 Å². The molecular weight excluding hydrogens is 388 g/mol. The number of methoxy groups -OCH3 is 1. The average Bonchev–Trinajstić information content (AvgIpc) is 2.71. The van der Waals surface area contributed by atoms with Gasteiger partial charge in [0.15, 0.2) is 0 Å². The van der Waals surface area contributed by atoms with Crippen molar-refractivity contribution in [1.82, 2.24) is 0 Å². The van der Waals surface area contributed by atoms with Crippen LogP contribution in [0.25, 0.3) is 10.8 Å². The van der Waals surface area contributed by atoms with Crippen LogP contribution in [0.5, 0.6) is 11.5 Å². The lowest BCUT2D eigenvalue weighted by atomic mass is 9.78. The summed E-state index contributed by atoms with van der Waals surface area (Å²) in [7, 11) is 1.65. The molecule has 31 heavy (non-hydrogen) atoms. The van der Waals surface area contributed by atoms with Crippen molar-refractivity contribution >= 4 is 16.7 Å². The number of hydrogen-bond donors (Lipinski definition) is 1. The molecule has 1 N–H and O–H groups in total. The number of aliphatic hydroxyl groups excluding tert-OH is 1. The smallest absolute Gasteiger partial charge is 0.318 e. The Balaban J connectivity index is 1.91. The normalized spacial score (nSPS) is 12.6. The summed E-state index contributed by atoms with van der Waals surface area (Å²) in [5, 5.41) is 11.6. The highest BCUT2D eigenvalue weighted by atomic mass is 16.5. The van der Waals surface area contributed by atoms with Crippen molar-refractivity contribution in [2.24, 2.45) is 0 Å². The van der Waals surface area contributed by atoms with Crippen LogP contribution >= 0.6 is 0 Å². The van der Waals surface area contributed by atoms with E-state index < -0.39 is 5.92 Å². The van der Waals surface area contributed by atoms with E-state index in [1.807, 2.05) is 63.2 Å². The minimum absolute atomic E-state index is 0.0754. The summed E-state index contributed by atoms with van der Waals surface area (Å²) in [6.45, 7) is 10.1. The standard InChI is InChI=1S/C27H32O4/c1-17-13-18(2)25(27(4,5)11-12-28)24(14-17)31-26(29)19(3)20-7-8-22-16-23(30-6)10-9-21(22)15-20/h7-10,13-16,19,28H,11-12H2,1-6H3/t19-/m0/s1. The monoisotopic (exact) mass is 420 g/mol. The maximum absolute atomic E-state index is 13.1. The van der Waals surface area contributed by atoms with E-state index in [0.29, 0.717) is 12.2 Å². The molecule has 4 nitrogen and oxygen atoms in total. The molecule has 164 valence electrons. The Morgan fingerprint density at radius 3 is 2.39 bits per heavy atom. The van der Waals surface area contributed by atoms with Crippen LogP contribution in [0.15, 0.2) is 48.5 Å². The molecule has 3 aromatic carbocycles. The van der Waals surface area contributed by atoms with Gasteiger partial charge in [-0.05, 0) is 78.3 Å². The minimum atomic E-state index is -0.416. The van der Waals surface area contributed by atoms with Gasteiger partial charge in [0.05, 0.1) is 13.0 Å². The van der Waals surface area contributed by atoms with E-state index in [9.17, 15) is 9.90 Å². The Hall–Kier alpha value is -2.85. The fraction of sp³-hybridized carbons (Fsp3) is 0.370. The molecule has 4 heteroatoms. The summed E-state index contributed by atoms with van der Waals surface area (Å²) in [5.41, 5.74) is 3.67. The van der Waals surface area contributed by atoms with Gasteiger partial charge in [-0.25, -0.2) is 0 Å². The van der Waals surface area contributed by atoms with Gasteiger partial charge in [-0.3, -0.25) is 4.79 Å². The lowest BCUT2D eigenvalue weighted by molar-refractivity contribution is -0.135. The Morgan fingerprint density at radius 2 is 1.71 bits per heavy atom. The molecule has 0 aliphatic carbocycles. The number of benzene rings is 3. The van der Waals surface area contributed by atoms with Crippen LogP contribution in [0.3, 0.4) is 0 Å². The predicted octanol–water partition coefficient (Wildman–Crippen LogP) is 5.83. The van der Waals surface area contributed by atoms with Gasteiger partial charge in [0.2, 0.25) is 0 Å². The number of carbonyl (C=O) groups excluding carboxylic acids is 1. The Bertz CT molecular complexity index is 1100. The molecule has 0 aliphatic rings. The molecule has 0 aliphatic heterocycles. The van der Waals surface area contributed by atoms with Crippen molar-refractivity contribution in [2.75, 3.05) is 13.7 Å². The zero-order valence-electron chi connectivity index (χ0n) is 19.3. The van der Waals surface area contributed by atoms with Crippen molar-refractivity contribution in [2.45, 2.75) is 52.4 Å². The van der Waals surface area contributed by atoms with Gasteiger partial charge in [-0.1, -0.05) is 44.2 Å². The molecule has 0 radical (unpaired) electrons. The van der Waals surface area contributed by atoms with Crippen LogP contribution in [-0.4, -0.2) is 24.8 Å². The molecule has 0 saturated heterocycles. The second kappa shape index (κ2) is 9.11. The summed E-state index contributed by atoms with van der Waals surface area (Å²) < 4.78 is 11.3. The average molecular weight is 421 g/mol. The highest BCUT2D eigenvalue weighted by molar-refractivity contribution is 5.87. The number of hydrogen-bond acceptors (Lipinski definition) is 4. The van der Waals surface area contributed by atoms with Gasteiger partial charge in [0.25, 0.3) is 0 Å². The van der Waals surface area contributed by atoms with Gasteiger partial charge in [-0.15, -0.1) is 0 Å². The number of rotatable bonds is 7. The Kier molecular flexibility index (Phi) is 6.71. The van der Waals surface area contributed by atoms with Gasteiger partial charge >= 0.3 is 5.97 Å². The maximum atomic E-state index is 13.1. The molecular formula is C27H32O4. The van der Waals surface area contributed by atoms with Crippen molar-refractivity contribution in [3.8, 4) is 11.5 Å². The first-order valence-corrected chi connectivity index (χ1v) is 10.7. The Labute approximate surface area is 184 Å². The van der Waals surface area contributed by atoms with Gasteiger partial charge < -0.3 is 14.6 Å². The Morgan fingerprint density at radius 1 is 1.03 bits per heavy atom. The molecule has 0 saturated carbocycles. The van der Waals surface area contributed by atoms with Gasteiger partial charge in [0, 0.05) is 12.2 Å². The van der Waals surface area contributed by atoms with Crippen molar-refractivity contribution in [3.63, 3.8) is 0 Å². The molecule has 1 atom stereocenters. The van der Waals surface area contributed by atoms with Crippen LogP contribution in [-0.2, 0) is 10.2 Å². The number of aliphatic hydroxyl groups is 1. The number of esters is 1. The molecule has 0 spiro atoms. The topological polar surface area (TPSA) is 55.8 Å². The summed E-state index contributed by atoms with van der Waals surface area (Å²) in [5.74, 6) is 0.680. The van der Waals surface area contributed by atoms with E-state index in [1.54, 1.807) is 7.11 Å². The zero-order chi connectivity index (χ0) is 22.8. The highest BCUT2D eigenvalue weighted by Gasteiger charge is 2.28. The summed E-state index contributed by atoms with van der Waals surface area (Å²) in [4.78, 5) is 13.1. The minimum Gasteiger partial charge on any atom is -0.497 e. The predicted molar refractivity (Wildman–Crippen MR) is 125 cm³/mol. The molecule has 3 rings (SSSR count). The van der Waals surface area contributed by atoms with Crippen molar-refractivity contribution in [3.05, 3.63) is 70.8 Å². The van der Waals surface area contributed by atoms with E-state index in [0.717, 1.165) is 38.8 Å². The molecule has 0 bridgehead atoms. The number of carbonyl (C=O) groups is 1. The molecule has 0 fully saturated rings. The van der Waals surface area contributed by atoms with E-state index >= 15 is 0 Å². The van der Waals surface area contributed by atoms with Gasteiger partial charge in [-0.2, -0.15) is 0 Å². The molecule has 0 aromatic heterocycles. The van der Waals surface area contributed by atoms with Crippen molar-refractivity contribution in [1.29, 1.82) is 0 Å². The largest absolute Gasteiger partial charge is 0.497 e. The van der Waals surface area contributed by atoms with Crippen LogP contribution in [0.4, 0.5) is 0 Å². The SMILES string of the molecule is COc1ccc2cc([C@H](C)C(=O)Oc3cc(C)cc(C)c3C(C)(C)CCO)ccc2c1. The number of ether oxygens (including phenoxy) is 2. The fourth-order valence-corrected chi connectivity index (χ4v) is 4.25. The lowest BCUT2D eigenvalue weighted by Crippen LogP contribution is -2.24. The number of fused-ring (bicyclic) bond motifs is 1. The van der Waals surface area contributed by atoms with E-state index in [1.165, 1.54) is 0 Å². The quantitative estimate of drug-likeness (QED) is 0.386. The second-order valence-corrected chi connectivity index (χ2v) is 8.93. The molecule has 0 amide bonds. The molecule has 3 aromatic rings. The lowest BCUT2D eigenvalue weighted by Gasteiger charge is -2.29. The van der Waals surface area contributed by atoms with E-state index in [4.69, 9.17) is 9.47 Å². The van der Waals surface area contributed by atoms with E-state index in [2.05, 4.69) is 19.9 Å². The second-order valence-electron chi connectivity index (χ2n) is 8.93. The van der Waals surface area contributed by atoms with Crippen LogP contribution in [0.1, 0.15) is 55.4 Å². The molecule has 0 unspecified atom stereocenters. The highest BCUT2D eigenvalue weighted by Crippen LogP contribution is 2.38. The summed E-state index contributed by atoms with van der Waals surface area (Å²) in [6.07, 6.45) is 0.588. The van der Waals surface area contributed by atoms with Crippen molar-refractivity contribution < 1.29 is 19.4 Å². The van der Waals surface area contributed by atoms with Crippen LogP contribution < -0.4 is 9.47 Å². The first-order valence-electron chi connectivity index (χ1n) is 10.7. The van der Waals surface area contributed by atoms with Crippen LogP contribution in [0, 0.1) is 13.8 Å². The number of aryl methyl sites for hydroxylation is 2. The third-order valence-electron chi connectivity index (χ3n) is 5.99. The van der Waals surface area contributed by atoms with E-state index in [-0.39, 0.29) is 18.0 Å². The molecule has 0 heterocycles. The third-order valence-corrected chi connectivity index (χ3v) is 5.99. The summed E-state index contributed by atoms with van der Waals surface area (Å²) >= 11 is 0. The maximum Gasteiger partial charge on any atom is 0.318 e. The fourth-order valence-electron chi connectivity index (χ4n) is 4.25. The zero-order valence-corrected chi connectivity index (χ0v) is 19.3.